The Morgan fingerprint density at radius 2 is 1.11 bits per heavy atom. The number of benzene rings is 4. The summed E-state index contributed by atoms with van der Waals surface area (Å²) in [6.45, 7) is 2.93. The zero-order valence-electron chi connectivity index (χ0n) is 24.4. The quantitative estimate of drug-likeness (QED) is 0.131. The molecular weight excluding hydrogens is 568 g/mol. The molecule has 0 aliphatic heterocycles. The molecule has 4 aromatic carbocycles. The molecule has 0 atom stereocenters. The first-order chi connectivity index (χ1) is 21.6. The number of carbonyl (C=O) groups is 1. The van der Waals surface area contributed by atoms with Crippen molar-refractivity contribution in [3.8, 4) is 11.5 Å². The summed E-state index contributed by atoms with van der Waals surface area (Å²) in [6, 6.07) is 40.2. The van der Waals surface area contributed by atoms with Crippen LogP contribution >= 0.6 is 11.8 Å². The van der Waals surface area contributed by atoms with Crippen molar-refractivity contribution < 1.29 is 19.0 Å². The molecule has 0 saturated carbocycles. The van der Waals surface area contributed by atoms with Gasteiger partial charge in [0.05, 0.1) is 40.0 Å². The number of nitrogens with zero attached hydrogens (tertiary/aromatic N) is 2. The average molecular weight is 601 g/mol. The zero-order chi connectivity index (χ0) is 30.1. The van der Waals surface area contributed by atoms with E-state index in [1.54, 1.807) is 0 Å². The third kappa shape index (κ3) is 7.36. The Balaban J connectivity index is 1.13. The van der Waals surface area contributed by atoms with Crippen molar-refractivity contribution in [1.82, 2.24) is 9.97 Å². The van der Waals surface area contributed by atoms with Gasteiger partial charge in [-0.2, -0.15) is 0 Å². The van der Waals surface area contributed by atoms with Crippen LogP contribution < -0.4 is 9.47 Å². The van der Waals surface area contributed by atoms with E-state index in [1.165, 1.54) is 11.8 Å². The molecule has 0 N–H and O–H groups in total. The first-order valence-electron chi connectivity index (χ1n) is 14.6. The fourth-order valence-electron chi connectivity index (χ4n) is 4.91. The zero-order valence-corrected chi connectivity index (χ0v) is 25.2. The third-order valence-electron chi connectivity index (χ3n) is 7.12. The highest BCUT2D eigenvalue weighted by molar-refractivity contribution is 8.00. The van der Waals surface area contributed by atoms with Crippen LogP contribution in [0.2, 0.25) is 0 Å². The van der Waals surface area contributed by atoms with Crippen molar-refractivity contribution >= 4 is 39.5 Å². The molecule has 0 amide bonds. The van der Waals surface area contributed by atoms with E-state index in [-0.39, 0.29) is 17.0 Å². The van der Waals surface area contributed by atoms with Crippen molar-refractivity contribution in [2.45, 2.75) is 25.4 Å². The molecule has 6 rings (SSSR count). The molecule has 0 unspecified atom stereocenters. The number of carbonyl (C=O) groups excluding carboxylic acids is 1. The number of para-hydroxylation sites is 2. The van der Waals surface area contributed by atoms with E-state index in [4.69, 9.17) is 24.2 Å². The van der Waals surface area contributed by atoms with Crippen LogP contribution in [0.15, 0.2) is 121 Å². The Kier molecular flexibility index (Phi) is 9.33. The van der Waals surface area contributed by atoms with E-state index >= 15 is 0 Å². The summed E-state index contributed by atoms with van der Waals surface area (Å²) in [5.41, 5.74) is 5.76. The van der Waals surface area contributed by atoms with E-state index in [9.17, 15) is 4.79 Å². The van der Waals surface area contributed by atoms with Crippen LogP contribution in [0.1, 0.15) is 34.7 Å². The molecule has 2 heterocycles. The molecule has 6 nitrogen and oxygen atoms in total. The highest BCUT2D eigenvalue weighted by atomic mass is 32.2. The van der Waals surface area contributed by atoms with Crippen molar-refractivity contribution in [1.29, 1.82) is 0 Å². The molecule has 2 aromatic heterocycles. The predicted molar refractivity (Wildman–Crippen MR) is 176 cm³/mol. The molecule has 7 heteroatoms. The minimum atomic E-state index is -0.229. The van der Waals surface area contributed by atoms with Gasteiger partial charge in [0.25, 0.3) is 0 Å². The first kappa shape index (κ1) is 29.2. The smallest absolute Gasteiger partial charge is 0.315 e. The number of hydrogen-bond donors (Lipinski definition) is 0. The number of fused-ring (bicyclic) bond motifs is 2. The van der Waals surface area contributed by atoms with E-state index in [2.05, 4.69) is 12.1 Å². The van der Waals surface area contributed by atoms with Crippen LogP contribution in [0.25, 0.3) is 21.8 Å². The number of thioether (sulfide) groups is 1. The summed E-state index contributed by atoms with van der Waals surface area (Å²) in [5.74, 6) is 1.52. The molecule has 0 aliphatic rings. The average Bonchev–Trinajstić information content (AvgIpc) is 3.07. The van der Waals surface area contributed by atoms with Crippen LogP contribution in [0.5, 0.6) is 11.5 Å². The number of rotatable bonds is 12. The fourth-order valence-corrected chi connectivity index (χ4v) is 5.99. The third-order valence-corrected chi connectivity index (χ3v) is 8.40. The number of ether oxygens (including phenoxy) is 3. The fraction of sp³-hybridized carbons (Fsp3) is 0.162. The number of esters is 1. The SMILES string of the molecule is CCOC(=O)CSC(c1ccc(OCc2ccc3ccccc3n2)cc1)c1ccc(OCc2ccc3ccccc3n2)cc1. The van der Waals surface area contributed by atoms with Gasteiger partial charge in [-0.25, -0.2) is 9.97 Å². The summed E-state index contributed by atoms with van der Waals surface area (Å²) in [4.78, 5) is 21.6. The molecule has 6 aromatic rings. The monoisotopic (exact) mass is 600 g/mol. The molecule has 220 valence electrons. The summed E-state index contributed by atoms with van der Waals surface area (Å²) in [5, 5.41) is 2.13. The molecule has 0 radical (unpaired) electrons. The normalized spacial score (nSPS) is 11.1. The standard InChI is InChI=1S/C37H32N2O4S/c1-2-41-36(40)25-44-37(28-13-19-32(20-14-28)42-23-30-17-11-26-7-3-5-9-34(26)38-30)29-15-21-33(22-16-29)43-24-31-18-12-27-8-4-6-10-35(27)39-31/h3-22,37H,2,23-25H2,1H3. The van der Waals surface area contributed by atoms with Gasteiger partial charge in [-0.1, -0.05) is 72.8 Å². The highest BCUT2D eigenvalue weighted by Crippen LogP contribution is 2.37. The van der Waals surface area contributed by atoms with Gasteiger partial charge in [-0.05, 0) is 66.6 Å². The van der Waals surface area contributed by atoms with Gasteiger partial charge in [-0.15, -0.1) is 11.8 Å². The van der Waals surface area contributed by atoms with Gasteiger partial charge in [-0.3, -0.25) is 4.79 Å². The van der Waals surface area contributed by atoms with Gasteiger partial charge < -0.3 is 14.2 Å². The van der Waals surface area contributed by atoms with Crippen LogP contribution in [0.4, 0.5) is 0 Å². The number of pyridine rings is 2. The second-order valence-corrected chi connectivity index (χ2v) is 11.3. The highest BCUT2D eigenvalue weighted by Gasteiger charge is 2.18. The Hall–Kier alpha value is -4.88. The topological polar surface area (TPSA) is 70.5 Å². The molecule has 0 bridgehead atoms. The van der Waals surface area contributed by atoms with Gasteiger partial charge in [0, 0.05) is 10.8 Å². The Morgan fingerprint density at radius 3 is 1.59 bits per heavy atom. The van der Waals surface area contributed by atoms with Crippen molar-refractivity contribution in [3.05, 3.63) is 144 Å². The second-order valence-electron chi connectivity index (χ2n) is 10.2. The maximum absolute atomic E-state index is 12.2. The Labute approximate surface area is 261 Å². The van der Waals surface area contributed by atoms with Gasteiger partial charge in [0.15, 0.2) is 0 Å². The maximum atomic E-state index is 12.2. The molecular formula is C37H32N2O4S. The molecule has 0 aliphatic carbocycles. The van der Waals surface area contributed by atoms with Crippen LogP contribution in [0.3, 0.4) is 0 Å². The minimum absolute atomic E-state index is 0.0770. The molecule has 0 spiro atoms. The van der Waals surface area contributed by atoms with Gasteiger partial charge in [0.2, 0.25) is 0 Å². The maximum Gasteiger partial charge on any atom is 0.315 e. The van der Waals surface area contributed by atoms with Crippen molar-refractivity contribution in [2.75, 3.05) is 12.4 Å². The Morgan fingerprint density at radius 1 is 0.636 bits per heavy atom. The summed E-state index contributed by atoms with van der Waals surface area (Å²) in [6.07, 6.45) is 0. The van der Waals surface area contributed by atoms with Crippen LogP contribution in [-0.4, -0.2) is 28.3 Å². The lowest BCUT2D eigenvalue weighted by molar-refractivity contribution is -0.139. The molecule has 44 heavy (non-hydrogen) atoms. The molecule has 0 fully saturated rings. The summed E-state index contributed by atoms with van der Waals surface area (Å²) in [7, 11) is 0. The van der Waals surface area contributed by atoms with E-state index in [0.717, 1.165) is 55.8 Å². The van der Waals surface area contributed by atoms with Crippen molar-refractivity contribution in [3.63, 3.8) is 0 Å². The van der Waals surface area contributed by atoms with Gasteiger partial charge in [0.1, 0.15) is 24.7 Å². The lowest BCUT2D eigenvalue weighted by atomic mass is 10.0. The minimum Gasteiger partial charge on any atom is -0.487 e. The number of aromatic nitrogens is 2. The van der Waals surface area contributed by atoms with Crippen molar-refractivity contribution in [2.24, 2.45) is 0 Å². The van der Waals surface area contributed by atoms with Gasteiger partial charge >= 0.3 is 5.97 Å². The predicted octanol–water partition coefficient (Wildman–Crippen LogP) is 8.33. The van der Waals surface area contributed by atoms with E-state index in [1.807, 2.05) is 116 Å². The lowest BCUT2D eigenvalue weighted by Gasteiger charge is -2.18. The number of hydrogen-bond acceptors (Lipinski definition) is 7. The van der Waals surface area contributed by atoms with Crippen LogP contribution in [-0.2, 0) is 22.7 Å². The second kappa shape index (κ2) is 14.1. The Bertz CT molecular complexity index is 1730. The van der Waals surface area contributed by atoms with E-state index < -0.39 is 0 Å². The largest absolute Gasteiger partial charge is 0.487 e. The van der Waals surface area contributed by atoms with E-state index in [0.29, 0.717) is 19.8 Å². The van der Waals surface area contributed by atoms with Crippen LogP contribution in [0, 0.1) is 0 Å². The summed E-state index contributed by atoms with van der Waals surface area (Å²) >= 11 is 1.53. The lowest BCUT2D eigenvalue weighted by Crippen LogP contribution is -2.09. The first-order valence-corrected chi connectivity index (χ1v) is 15.6. The summed E-state index contributed by atoms with van der Waals surface area (Å²) < 4.78 is 17.3. The molecule has 0 saturated heterocycles.